The molecule has 0 spiro atoms. The number of rotatable bonds is 4. The van der Waals surface area contributed by atoms with Crippen molar-refractivity contribution in [2.75, 3.05) is 6.54 Å². The number of nitrogens with one attached hydrogen (secondary N) is 1. The predicted molar refractivity (Wildman–Crippen MR) is 67.1 cm³/mol. The molecule has 0 bridgehead atoms. The molecule has 1 aromatic rings. The van der Waals surface area contributed by atoms with Gasteiger partial charge < -0.3 is 10.4 Å². The van der Waals surface area contributed by atoms with Crippen molar-refractivity contribution in [3.8, 4) is 0 Å². The fraction of sp³-hybridized carbons (Fsp3) is 0.462. The lowest BCUT2D eigenvalue weighted by Crippen LogP contribution is -2.37. The number of hydrogen-bond donors (Lipinski definition) is 2. The van der Waals surface area contributed by atoms with Crippen molar-refractivity contribution >= 4 is 17.5 Å². The van der Waals surface area contributed by atoms with Gasteiger partial charge in [0.1, 0.15) is 6.10 Å². The van der Waals surface area contributed by atoms with Crippen molar-refractivity contribution in [2.24, 2.45) is 0 Å². The zero-order valence-electron chi connectivity index (χ0n) is 9.74. The smallest absolute Gasteiger partial charge is 0.248 e. The maximum absolute atomic E-state index is 11.3. The molecule has 1 aliphatic rings. The molecule has 0 aliphatic heterocycles. The van der Waals surface area contributed by atoms with Gasteiger partial charge in [0.2, 0.25) is 5.91 Å². The fourth-order valence-electron chi connectivity index (χ4n) is 1.94. The summed E-state index contributed by atoms with van der Waals surface area (Å²) in [5.74, 6) is -0.321. The van der Waals surface area contributed by atoms with Crippen molar-refractivity contribution in [1.82, 2.24) is 5.32 Å². The molecule has 1 aliphatic carbocycles. The normalized spacial score (nSPS) is 18.5. The summed E-state index contributed by atoms with van der Waals surface area (Å²) < 4.78 is 0. The number of aliphatic hydroxyl groups is 1. The van der Waals surface area contributed by atoms with E-state index in [2.05, 4.69) is 5.32 Å². The van der Waals surface area contributed by atoms with Gasteiger partial charge in [-0.05, 0) is 37.5 Å². The van der Waals surface area contributed by atoms with Crippen LogP contribution in [0.15, 0.2) is 24.3 Å². The third-order valence-electron chi connectivity index (χ3n) is 3.27. The molecule has 2 rings (SSSR count). The molecule has 1 amide bonds. The maximum Gasteiger partial charge on any atom is 0.248 e. The minimum atomic E-state index is -0.954. The molecule has 1 atom stereocenters. The molecule has 1 saturated carbocycles. The molecule has 92 valence electrons. The van der Waals surface area contributed by atoms with Crippen LogP contribution < -0.4 is 5.32 Å². The summed E-state index contributed by atoms with van der Waals surface area (Å²) >= 11 is 5.96. The lowest BCUT2D eigenvalue weighted by molar-refractivity contribution is -0.128. The fourth-order valence-corrected chi connectivity index (χ4v) is 2.13. The third kappa shape index (κ3) is 2.79. The second-order valence-electron chi connectivity index (χ2n) is 4.68. The topological polar surface area (TPSA) is 49.3 Å². The molecule has 0 radical (unpaired) electrons. The summed E-state index contributed by atoms with van der Waals surface area (Å²) in [7, 11) is 0. The van der Waals surface area contributed by atoms with Crippen LogP contribution in [0.2, 0.25) is 5.02 Å². The largest absolute Gasteiger partial charge is 0.384 e. The predicted octanol–water partition coefficient (Wildman–Crippen LogP) is 1.87. The van der Waals surface area contributed by atoms with Gasteiger partial charge in [-0.25, -0.2) is 0 Å². The Morgan fingerprint density at radius 1 is 1.59 bits per heavy atom. The number of benzene rings is 1. The van der Waals surface area contributed by atoms with Crippen LogP contribution in [0.1, 0.15) is 25.3 Å². The summed E-state index contributed by atoms with van der Waals surface area (Å²) in [5, 5.41) is 12.6. The van der Waals surface area contributed by atoms with Crippen LogP contribution in [0.3, 0.4) is 0 Å². The van der Waals surface area contributed by atoms with E-state index in [-0.39, 0.29) is 11.3 Å². The first-order valence-electron chi connectivity index (χ1n) is 5.75. The SMILES string of the molecule is CC(O)C(=O)NCC1(c2cccc(Cl)c2)CC1. The van der Waals surface area contributed by atoms with E-state index in [1.54, 1.807) is 0 Å². The summed E-state index contributed by atoms with van der Waals surface area (Å²) in [4.78, 5) is 11.3. The highest BCUT2D eigenvalue weighted by atomic mass is 35.5. The summed E-state index contributed by atoms with van der Waals surface area (Å²) in [5.41, 5.74) is 1.19. The Balaban J connectivity index is 2.03. The van der Waals surface area contributed by atoms with E-state index in [1.165, 1.54) is 6.92 Å². The summed E-state index contributed by atoms with van der Waals surface area (Å²) in [6, 6.07) is 7.75. The molecule has 3 nitrogen and oxygen atoms in total. The first kappa shape index (κ1) is 12.4. The Morgan fingerprint density at radius 2 is 2.29 bits per heavy atom. The Kier molecular flexibility index (Phi) is 3.40. The van der Waals surface area contributed by atoms with Crippen LogP contribution in [0.5, 0.6) is 0 Å². The average molecular weight is 254 g/mol. The van der Waals surface area contributed by atoms with E-state index in [4.69, 9.17) is 16.7 Å². The standard InChI is InChI=1S/C13H16ClNO2/c1-9(16)12(17)15-8-13(5-6-13)10-3-2-4-11(14)7-10/h2-4,7,9,16H,5-6,8H2,1H3,(H,15,17). The van der Waals surface area contributed by atoms with E-state index < -0.39 is 6.10 Å². The minimum absolute atomic E-state index is 0.0233. The van der Waals surface area contributed by atoms with E-state index in [0.29, 0.717) is 6.54 Å². The van der Waals surface area contributed by atoms with Crippen molar-refractivity contribution in [2.45, 2.75) is 31.3 Å². The van der Waals surface area contributed by atoms with E-state index in [1.807, 2.05) is 24.3 Å². The van der Waals surface area contributed by atoms with E-state index in [9.17, 15) is 4.79 Å². The highest BCUT2D eigenvalue weighted by molar-refractivity contribution is 6.30. The molecule has 1 aromatic carbocycles. The van der Waals surface area contributed by atoms with Crippen LogP contribution in [0.25, 0.3) is 0 Å². The van der Waals surface area contributed by atoms with Gasteiger partial charge in [0.25, 0.3) is 0 Å². The molecule has 1 unspecified atom stereocenters. The summed E-state index contributed by atoms with van der Waals surface area (Å²) in [6.07, 6.45) is 1.14. The van der Waals surface area contributed by atoms with Crippen LogP contribution in [0.4, 0.5) is 0 Å². The van der Waals surface area contributed by atoms with Gasteiger partial charge >= 0.3 is 0 Å². The molecular formula is C13H16ClNO2. The van der Waals surface area contributed by atoms with Gasteiger partial charge in [-0.2, -0.15) is 0 Å². The lowest BCUT2D eigenvalue weighted by atomic mass is 9.96. The number of amides is 1. The van der Waals surface area contributed by atoms with Crippen molar-refractivity contribution in [3.05, 3.63) is 34.9 Å². The maximum atomic E-state index is 11.3. The van der Waals surface area contributed by atoms with Crippen molar-refractivity contribution in [1.29, 1.82) is 0 Å². The molecule has 1 fully saturated rings. The number of carbonyl (C=O) groups is 1. The van der Waals surface area contributed by atoms with Crippen molar-refractivity contribution in [3.63, 3.8) is 0 Å². The van der Waals surface area contributed by atoms with Gasteiger partial charge in [-0.1, -0.05) is 23.7 Å². The molecule has 17 heavy (non-hydrogen) atoms. The Morgan fingerprint density at radius 3 is 2.82 bits per heavy atom. The van der Waals surface area contributed by atoms with Crippen LogP contribution in [0, 0.1) is 0 Å². The van der Waals surface area contributed by atoms with Gasteiger partial charge in [0, 0.05) is 17.0 Å². The first-order valence-corrected chi connectivity index (χ1v) is 6.13. The third-order valence-corrected chi connectivity index (χ3v) is 3.51. The minimum Gasteiger partial charge on any atom is -0.384 e. The number of hydrogen-bond acceptors (Lipinski definition) is 2. The van der Waals surface area contributed by atoms with Gasteiger partial charge in [0.15, 0.2) is 0 Å². The monoisotopic (exact) mass is 253 g/mol. The Bertz CT molecular complexity index is 427. The highest BCUT2D eigenvalue weighted by Gasteiger charge is 2.44. The molecule has 0 heterocycles. The second kappa shape index (κ2) is 4.67. The molecular weight excluding hydrogens is 238 g/mol. The summed E-state index contributed by atoms with van der Waals surface area (Å²) in [6.45, 7) is 2.03. The van der Waals surface area contributed by atoms with Crippen LogP contribution in [-0.2, 0) is 10.2 Å². The highest BCUT2D eigenvalue weighted by Crippen LogP contribution is 2.48. The average Bonchev–Trinajstić information content (AvgIpc) is 3.07. The zero-order valence-corrected chi connectivity index (χ0v) is 10.5. The molecule has 2 N–H and O–H groups in total. The number of halogens is 1. The number of aliphatic hydroxyl groups excluding tert-OH is 1. The van der Waals surface area contributed by atoms with Gasteiger partial charge in [-0.3, -0.25) is 4.79 Å². The first-order chi connectivity index (χ1) is 8.03. The van der Waals surface area contributed by atoms with Crippen molar-refractivity contribution < 1.29 is 9.90 Å². The van der Waals surface area contributed by atoms with Gasteiger partial charge in [0.05, 0.1) is 0 Å². The Hall–Kier alpha value is -1.06. The van der Waals surface area contributed by atoms with E-state index >= 15 is 0 Å². The molecule has 4 heteroatoms. The molecule has 0 aromatic heterocycles. The van der Waals surface area contributed by atoms with E-state index in [0.717, 1.165) is 23.4 Å². The molecule has 0 saturated heterocycles. The van der Waals surface area contributed by atoms with Gasteiger partial charge in [-0.15, -0.1) is 0 Å². The van der Waals surface area contributed by atoms with Crippen LogP contribution in [-0.4, -0.2) is 23.7 Å². The number of carbonyl (C=O) groups excluding carboxylic acids is 1. The lowest BCUT2D eigenvalue weighted by Gasteiger charge is -2.17. The zero-order chi connectivity index (χ0) is 12.5. The second-order valence-corrected chi connectivity index (χ2v) is 5.12. The quantitative estimate of drug-likeness (QED) is 0.861. The van der Waals surface area contributed by atoms with Crippen LogP contribution >= 0.6 is 11.6 Å². The Labute approximate surface area is 106 Å².